The van der Waals surface area contributed by atoms with Gasteiger partial charge in [-0.1, -0.05) is 27.5 Å². The van der Waals surface area contributed by atoms with Crippen molar-refractivity contribution in [3.63, 3.8) is 0 Å². The van der Waals surface area contributed by atoms with Gasteiger partial charge >= 0.3 is 0 Å². The van der Waals surface area contributed by atoms with Crippen molar-refractivity contribution in [1.82, 2.24) is 19.5 Å². The monoisotopic (exact) mass is 526 g/mol. The van der Waals surface area contributed by atoms with E-state index in [-0.39, 0.29) is 11.9 Å². The van der Waals surface area contributed by atoms with E-state index in [1.807, 2.05) is 19.2 Å². The van der Waals surface area contributed by atoms with Crippen molar-refractivity contribution < 1.29 is 17.9 Å². The molecule has 1 atom stereocenters. The number of hydrogen-bond donors (Lipinski definition) is 1. The minimum atomic E-state index is -3.42. The summed E-state index contributed by atoms with van der Waals surface area (Å²) in [7, 11) is -3.42. The van der Waals surface area contributed by atoms with Crippen LogP contribution in [0.5, 0.6) is 0 Å². The molecular weight excluding hydrogens is 506 g/mol. The molecule has 0 radical (unpaired) electrons. The molecular formula is C20H22BrClN5O3S+. The molecule has 2 N–H and O–H groups in total. The van der Waals surface area contributed by atoms with Crippen LogP contribution in [0, 0.1) is 6.92 Å². The van der Waals surface area contributed by atoms with E-state index in [1.165, 1.54) is 0 Å². The number of carbonyl (C=O) groups excluding carboxylic acids is 1. The summed E-state index contributed by atoms with van der Waals surface area (Å²) in [5.41, 5.74) is 2.89. The molecule has 1 saturated heterocycles. The van der Waals surface area contributed by atoms with Gasteiger partial charge in [0.1, 0.15) is 10.7 Å². The second-order valence-electron chi connectivity index (χ2n) is 7.78. The van der Waals surface area contributed by atoms with Gasteiger partial charge in [-0.05, 0) is 38.3 Å². The van der Waals surface area contributed by atoms with Crippen LogP contribution in [0.3, 0.4) is 0 Å². The summed E-state index contributed by atoms with van der Waals surface area (Å²) in [5.74, 6) is -0.222. The van der Waals surface area contributed by atoms with Crippen molar-refractivity contribution in [2.24, 2.45) is 0 Å². The molecule has 1 fully saturated rings. The zero-order valence-corrected chi connectivity index (χ0v) is 20.2. The fourth-order valence-electron chi connectivity index (χ4n) is 3.85. The van der Waals surface area contributed by atoms with E-state index >= 15 is 0 Å². The first-order valence-corrected chi connectivity index (χ1v) is 12.9. The first-order valence-electron chi connectivity index (χ1n) is 9.80. The summed E-state index contributed by atoms with van der Waals surface area (Å²) in [6.45, 7) is 2.43. The number of nitrogens with zero attached hydrogens (tertiary/aromatic N) is 4. The number of halogens is 2. The predicted molar refractivity (Wildman–Crippen MR) is 121 cm³/mol. The maximum atomic E-state index is 13.6. The number of rotatable bonds is 4. The van der Waals surface area contributed by atoms with Crippen LogP contribution in [0.4, 0.5) is 5.69 Å². The Labute approximate surface area is 193 Å². The average Bonchev–Trinajstić information content (AvgIpc) is 3.10. The van der Waals surface area contributed by atoms with Crippen molar-refractivity contribution in [1.29, 1.82) is 0 Å². The van der Waals surface area contributed by atoms with Crippen LogP contribution in [0.25, 0.3) is 5.65 Å². The molecule has 0 spiro atoms. The summed E-state index contributed by atoms with van der Waals surface area (Å²) in [4.78, 5) is 19.7. The molecule has 0 aliphatic carbocycles. The van der Waals surface area contributed by atoms with Crippen LogP contribution < -0.4 is 4.72 Å². The van der Waals surface area contributed by atoms with E-state index in [1.54, 1.807) is 27.6 Å². The Bertz CT molecular complexity index is 1240. The van der Waals surface area contributed by atoms with Gasteiger partial charge in [-0.15, -0.1) is 0 Å². The van der Waals surface area contributed by atoms with E-state index in [0.717, 1.165) is 41.5 Å². The molecule has 11 heteroatoms. The molecule has 2 aromatic heterocycles. The third-order valence-corrected chi connectivity index (χ3v) is 6.84. The normalized spacial score (nSPS) is 17.3. The summed E-state index contributed by atoms with van der Waals surface area (Å²) in [6, 6.07) is 6.65. The number of carbonyl (C=O) groups is 1. The molecule has 1 aliphatic rings. The van der Waals surface area contributed by atoms with E-state index in [4.69, 9.17) is 11.6 Å². The summed E-state index contributed by atoms with van der Waals surface area (Å²) in [5, 5.41) is 5.07. The largest absolute Gasteiger partial charge is 0.330 e. The second-order valence-corrected chi connectivity index (χ2v) is 10.9. The Morgan fingerprint density at radius 2 is 2.06 bits per heavy atom. The smallest absolute Gasteiger partial charge is 0.295 e. The van der Waals surface area contributed by atoms with Crippen LogP contribution in [0.15, 0.2) is 34.9 Å². The van der Waals surface area contributed by atoms with Gasteiger partial charge < -0.3 is 4.90 Å². The lowest BCUT2D eigenvalue weighted by Crippen LogP contribution is -2.81. The predicted octanol–water partition coefficient (Wildman–Crippen LogP) is 2.98. The van der Waals surface area contributed by atoms with Crippen LogP contribution in [0.2, 0.25) is 5.15 Å². The minimum absolute atomic E-state index is 0.222. The maximum Gasteiger partial charge on any atom is 0.295 e. The number of benzene rings is 1. The van der Waals surface area contributed by atoms with E-state index in [0.29, 0.717) is 33.1 Å². The highest BCUT2D eigenvalue weighted by Crippen LogP contribution is 2.33. The van der Waals surface area contributed by atoms with Crippen molar-refractivity contribution in [2.45, 2.75) is 32.2 Å². The summed E-state index contributed by atoms with van der Waals surface area (Å²) in [6.07, 6.45) is 5.54. The van der Waals surface area contributed by atoms with Crippen molar-refractivity contribution in [3.8, 4) is 0 Å². The van der Waals surface area contributed by atoms with Gasteiger partial charge in [-0.25, -0.2) is 14.2 Å². The zero-order valence-electron chi connectivity index (χ0n) is 17.0. The first-order chi connectivity index (χ1) is 14.6. The molecule has 1 unspecified atom stereocenters. The van der Waals surface area contributed by atoms with Gasteiger partial charge in [-0.3, -0.25) is 4.79 Å². The van der Waals surface area contributed by atoms with Crippen LogP contribution in [0.1, 0.15) is 46.9 Å². The summed E-state index contributed by atoms with van der Waals surface area (Å²) < 4.78 is 27.2. The number of aromatic nitrogens is 3. The number of piperidine rings is 1. The third kappa shape index (κ3) is 4.77. The highest BCUT2D eigenvalue weighted by atomic mass is 79.9. The zero-order chi connectivity index (χ0) is 22.3. The number of primary sulfonamides is 1. The van der Waals surface area contributed by atoms with Gasteiger partial charge in [0.15, 0.2) is 11.3 Å². The molecule has 0 saturated carbocycles. The van der Waals surface area contributed by atoms with Gasteiger partial charge in [0, 0.05) is 34.9 Å². The minimum Gasteiger partial charge on any atom is -0.330 e. The SMILES string of the molecule is Cc1cn2nc(C3CCCCN3C(=O)c3cc(Br)ccc3[NH2+]S(C)(=O)=O)cc2nc1Cl. The van der Waals surface area contributed by atoms with E-state index in [2.05, 4.69) is 26.0 Å². The van der Waals surface area contributed by atoms with E-state index < -0.39 is 10.0 Å². The Morgan fingerprint density at radius 3 is 2.81 bits per heavy atom. The average molecular weight is 528 g/mol. The van der Waals surface area contributed by atoms with Crippen LogP contribution >= 0.6 is 27.5 Å². The summed E-state index contributed by atoms with van der Waals surface area (Å²) >= 11 is 9.55. The second kappa shape index (κ2) is 8.50. The highest BCUT2D eigenvalue weighted by molar-refractivity contribution is 9.10. The van der Waals surface area contributed by atoms with Gasteiger partial charge in [-0.2, -0.15) is 13.5 Å². The lowest BCUT2D eigenvalue weighted by molar-refractivity contribution is -0.396. The molecule has 164 valence electrons. The number of quaternary nitrogens is 1. The molecule has 8 nitrogen and oxygen atoms in total. The molecule has 1 aliphatic heterocycles. The maximum absolute atomic E-state index is 13.6. The number of likely N-dealkylation sites (tertiary alicyclic amines) is 1. The van der Waals surface area contributed by atoms with E-state index in [9.17, 15) is 13.2 Å². The first kappa shape index (κ1) is 22.2. The Morgan fingerprint density at radius 1 is 1.29 bits per heavy atom. The van der Waals surface area contributed by atoms with Crippen molar-refractivity contribution in [2.75, 3.05) is 12.8 Å². The van der Waals surface area contributed by atoms with Crippen LogP contribution in [-0.4, -0.2) is 46.6 Å². The quantitative estimate of drug-likeness (QED) is 0.415. The number of hydrogen-bond acceptors (Lipinski definition) is 5. The number of aryl methyl sites for hydroxylation is 1. The van der Waals surface area contributed by atoms with Crippen molar-refractivity contribution in [3.05, 3.63) is 56.9 Å². The Hall–Kier alpha value is -2.01. The highest BCUT2D eigenvalue weighted by Gasteiger charge is 2.33. The fourth-order valence-corrected chi connectivity index (χ4v) is 5.02. The Balaban J connectivity index is 1.73. The van der Waals surface area contributed by atoms with Gasteiger partial charge in [0.05, 0.1) is 18.0 Å². The standard InChI is InChI=1S/C20H21BrClN5O3S/c1-12-11-27-18(23-19(12)22)10-16(24-27)17-5-3-4-8-26(17)20(28)14-9-13(21)6-7-15(14)25-31(2,29)30/h6-7,9-11,17,25H,3-5,8H2,1-2H3/p+1. The number of nitrogens with two attached hydrogens (primary N) is 1. The molecule has 4 rings (SSSR count). The van der Waals surface area contributed by atoms with Crippen molar-refractivity contribution >= 4 is 54.8 Å². The fraction of sp³-hybridized carbons (Fsp3) is 0.350. The van der Waals surface area contributed by atoms with Gasteiger partial charge in [0.2, 0.25) is 0 Å². The Kier molecular flexibility index (Phi) is 6.08. The number of amides is 1. The molecule has 3 aromatic rings. The lowest BCUT2D eigenvalue weighted by atomic mass is 9.98. The lowest BCUT2D eigenvalue weighted by Gasteiger charge is -2.34. The number of sulfonamides is 1. The molecule has 1 aromatic carbocycles. The molecule has 1 amide bonds. The third-order valence-electron chi connectivity index (χ3n) is 5.28. The molecule has 31 heavy (non-hydrogen) atoms. The number of fused-ring (bicyclic) bond motifs is 1. The molecule has 0 bridgehead atoms. The van der Waals surface area contributed by atoms with Crippen LogP contribution in [-0.2, 0) is 10.0 Å². The topological polar surface area (TPSA) is 101 Å². The van der Waals surface area contributed by atoms with Gasteiger partial charge in [0.25, 0.3) is 15.9 Å². The molecule has 3 heterocycles.